The van der Waals surface area contributed by atoms with E-state index in [0.717, 1.165) is 16.7 Å². The van der Waals surface area contributed by atoms with Crippen molar-refractivity contribution in [3.8, 4) is 0 Å². The normalized spacial score (nSPS) is 11.2. The molecule has 1 unspecified atom stereocenters. The summed E-state index contributed by atoms with van der Waals surface area (Å²) in [7, 11) is 0. The highest BCUT2D eigenvalue weighted by Crippen LogP contribution is 2.17. The van der Waals surface area contributed by atoms with Crippen LogP contribution >= 0.6 is 25.0 Å². The van der Waals surface area contributed by atoms with Gasteiger partial charge in [0.05, 0.1) is 11.5 Å². The van der Waals surface area contributed by atoms with E-state index < -0.39 is 5.97 Å². The number of thiol groups is 1. The number of hydrogen-bond donors (Lipinski definition) is 3. The maximum atomic E-state index is 12.7. The minimum absolute atomic E-state index is 0. The zero-order valence-electron chi connectivity index (χ0n) is 17.6. The highest BCUT2D eigenvalue weighted by atomic mass is 35.5. The Morgan fingerprint density at radius 2 is 1.59 bits per heavy atom. The molecule has 0 saturated carbocycles. The lowest BCUT2D eigenvalue weighted by Crippen LogP contribution is -2.26. The van der Waals surface area contributed by atoms with Crippen molar-refractivity contribution in [1.29, 1.82) is 0 Å². The number of nitrogens with two attached hydrogens (primary N) is 1. The first-order valence-corrected chi connectivity index (χ1v) is 10.7. The van der Waals surface area contributed by atoms with Crippen molar-refractivity contribution < 1.29 is 14.3 Å². The average molecular weight is 471 g/mol. The molecule has 3 aromatic rings. The molecule has 5 nitrogen and oxygen atoms in total. The first kappa shape index (κ1) is 25.5. The lowest BCUT2D eigenvalue weighted by Gasteiger charge is -2.15. The van der Waals surface area contributed by atoms with Crippen LogP contribution in [0, 0.1) is 5.92 Å². The molecule has 0 fully saturated rings. The molecule has 0 heterocycles. The van der Waals surface area contributed by atoms with Gasteiger partial charge in [0, 0.05) is 18.0 Å². The van der Waals surface area contributed by atoms with Crippen molar-refractivity contribution >= 4 is 42.6 Å². The smallest absolute Gasteiger partial charge is 0.338 e. The molecule has 0 bridgehead atoms. The molecule has 0 aliphatic carbocycles. The third kappa shape index (κ3) is 7.41. The van der Waals surface area contributed by atoms with Gasteiger partial charge in [-0.15, -0.1) is 12.4 Å². The van der Waals surface area contributed by atoms with Gasteiger partial charge in [-0.2, -0.15) is 12.6 Å². The van der Waals surface area contributed by atoms with E-state index >= 15 is 0 Å². The van der Waals surface area contributed by atoms with E-state index in [0.29, 0.717) is 30.0 Å². The van der Waals surface area contributed by atoms with E-state index in [1.807, 2.05) is 54.6 Å². The Balaban J connectivity index is 0.00000363. The van der Waals surface area contributed by atoms with Crippen LogP contribution < -0.4 is 11.1 Å². The minimum Gasteiger partial charge on any atom is -0.457 e. The number of halogens is 1. The lowest BCUT2D eigenvalue weighted by atomic mass is 10.00. The first-order valence-electron chi connectivity index (χ1n) is 10.1. The predicted octanol–water partition coefficient (Wildman–Crippen LogP) is 4.65. The summed E-state index contributed by atoms with van der Waals surface area (Å²) in [5, 5.41) is 2.89. The molecule has 3 N–H and O–H groups in total. The largest absolute Gasteiger partial charge is 0.457 e. The number of hydrogen-bond acceptors (Lipinski definition) is 5. The van der Waals surface area contributed by atoms with Gasteiger partial charge < -0.3 is 15.8 Å². The van der Waals surface area contributed by atoms with Gasteiger partial charge in [-0.05, 0) is 41.3 Å². The Labute approximate surface area is 200 Å². The summed E-state index contributed by atoms with van der Waals surface area (Å²) < 4.78 is 5.40. The summed E-state index contributed by atoms with van der Waals surface area (Å²) >= 11 is 4.34. The number of rotatable bonds is 9. The number of ether oxygens (including phenoxy) is 1. The van der Waals surface area contributed by atoms with E-state index in [1.54, 1.807) is 24.3 Å². The molecule has 7 heteroatoms. The van der Waals surface area contributed by atoms with Crippen molar-refractivity contribution in [3.63, 3.8) is 0 Å². The SMILES string of the molecule is Cl.NCc1ccc(COC(=O)c2cccc(NC(=O)C(CS)Cc3ccccc3)c2)cc1. The van der Waals surface area contributed by atoms with Crippen LogP contribution in [0.2, 0.25) is 0 Å². The number of carbonyl (C=O) groups excluding carboxylic acids is 2. The molecule has 168 valence electrons. The van der Waals surface area contributed by atoms with Gasteiger partial charge in [0.2, 0.25) is 5.91 Å². The fourth-order valence-corrected chi connectivity index (χ4v) is 3.41. The molecular weight excluding hydrogens is 444 g/mol. The second-order valence-corrected chi connectivity index (χ2v) is 7.60. The number of carbonyl (C=O) groups is 2. The Morgan fingerprint density at radius 1 is 0.906 bits per heavy atom. The highest BCUT2D eigenvalue weighted by molar-refractivity contribution is 7.80. The fourth-order valence-electron chi connectivity index (χ4n) is 3.11. The quantitative estimate of drug-likeness (QED) is 0.314. The van der Waals surface area contributed by atoms with Crippen LogP contribution in [0.4, 0.5) is 5.69 Å². The summed E-state index contributed by atoms with van der Waals surface area (Å²) in [6.07, 6.45) is 0.598. The van der Waals surface area contributed by atoms with Crippen LogP contribution in [0.15, 0.2) is 78.9 Å². The third-order valence-electron chi connectivity index (χ3n) is 4.91. The van der Waals surface area contributed by atoms with E-state index in [1.165, 1.54) is 0 Å². The Morgan fingerprint density at radius 3 is 2.25 bits per heavy atom. The molecule has 0 aliphatic rings. The van der Waals surface area contributed by atoms with Crippen LogP contribution in [0.1, 0.15) is 27.0 Å². The predicted molar refractivity (Wildman–Crippen MR) is 133 cm³/mol. The lowest BCUT2D eigenvalue weighted by molar-refractivity contribution is -0.119. The van der Waals surface area contributed by atoms with E-state index in [2.05, 4.69) is 17.9 Å². The Kier molecular flexibility index (Phi) is 10.3. The first-order chi connectivity index (χ1) is 15.1. The molecule has 0 spiro atoms. The summed E-state index contributed by atoms with van der Waals surface area (Å²) in [5.74, 6) is -0.443. The van der Waals surface area contributed by atoms with Gasteiger partial charge in [-0.1, -0.05) is 60.7 Å². The van der Waals surface area contributed by atoms with E-state index in [-0.39, 0.29) is 30.8 Å². The van der Waals surface area contributed by atoms with E-state index in [4.69, 9.17) is 10.5 Å². The number of esters is 1. The molecule has 3 aromatic carbocycles. The maximum absolute atomic E-state index is 12.7. The molecular formula is C25H27ClN2O3S. The molecule has 3 rings (SSSR count). The van der Waals surface area contributed by atoms with Crippen LogP contribution in [-0.2, 0) is 29.1 Å². The molecule has 0 radical (unpaired) electrons. The van der Waals surface area contributed by atoms with Gasteiger partial charge >= 0.3 is 5.97 Å². The molecule has 0 saturated heterocycles. The second kappa shape index (κ2) is 12.9. The van der Waals surface area contributed by atoms with Gasteiger partial charge in [0.15, 0.2) is 0 Å². The summed E-state index contributed by atoms with van der Waals surface area (Å²) in [6, 6.07) is 24.2. The van der Waals surface area contributed by atoms with E-state index in [9.17, 15) is 9.59 Å². The molecule has 0 aromatic heterocycles. The van der Waals surface area contributed by atoms with Crippen LogP contribution in [-0.4, -0.2) is 17.6 Å². The number of nitrogens with one attached hydrogen (secondary N) is 1. The van der Waals surface area contributed by atoms with Gasteiger partial charge in [0.25, 0.3) is 0 Å². The number of amides is 1. The van der Waals surface area contributed by atoms with Crippen molar-refractivity contribution in [2.75, 3.05) is 11.1 Å². The molecule has 32 heavy (non-hydrogen) atoms. The molecule has 0 aliphatic heterocycles. The molecule has 1 amide bonds. The maximum Gasteiger partial charge on any atom is 0.338 e. The number of anilines is 1. The zero-order valence-corrected chi connectivity index (χ0v) is 19.3. The minimum atomic E-state index is -0.450. The third-order valence-corrected chi connectivity index (χ3v) is 5.35. The standard InChI is InChI=1S/C25H26N2O3S.ClH/c26-15-19-9-11-20(12-10-19)16-30-25(29)21-7-4-8-23(14-21)27-24(28)22(17-31)13-18-5-2-1-3-6-18;/h1-12,14,22,31H,13,15-17,26H2,(H,27,28);1H. The topological polar surface area (TPSA) is 81.4 Å². The van der Waals surface area contributed by atoms with Crippen LogP contribution in [0.3, 0.4) is 0 Å². The van der Waals surface area contributed by atoms with Gasteiger partial charge in [-0.3, -0.25) is 4.79 Å². The second-order valence-electron chi connectivity index (χ2n) is 7.24. The van der Waals surface area contributed by atoms with Crippen molar-refractivity contribution in [2.45, 2.75) is 19.6 Å². The Bertz CT molecular complexity index is 1010. The Hall–Kier alpha value is -2.80. The van der Waals surface area contributed by atoms with Gasteiger partial charge in [0.1, 0.15) is 6.61 Å². The molecule has 1 atom stereocenters. The fraction of sp³-hybridized carbons (Fsp3) is 0.200. The van der Waals surface area contributed by atoms with Crippen LogP contribution in [0.5, 0.6) is 0 Å². The summed E-state index contributed by atoms with van der Waals surface area (Å²) in [4.78, 5) is 25.2. The van der Waals surface area contributed by atoms with Crippen molar-refractivity contribution in [1.82, 2.24) is 0 Å². The van der Waals surface area contributed by atoms with Crippen LogP contribution in [0.25, 0.3) is 0 Å². The average Bonchev–Trinajstić information content (AvgIpc) is 2.82. The zero-order chi connectivity index (χ0) is 22.1. The monoisotopic (exact) mass is 470 g/mol. The van der Waals surface area contributed by atoms with Crippen molar-refractivity contribution in [2.24, 2.45) is 11.7 Å². The van der Waals surface area contributed by atoms with Gasteiger partial charge in [-0.25, -0.2) is 4.79 Å². The summed E-state index contributed by atoms with van der Waals surface area (Å²) in [6.45, 7) is 0.636. The summed E-state index contributed by atoms with van der Waals surface area (Å²) in [5.41, 5.74) is 9.50. The van der Waals surface area contributed by atoms with Crippen molar-refractivity contribution in [3.05, 3.63) is 101 Å². The number of benzene rings is 3. The highest BCUT2D eigenvalue weighted by Gasteiger charge is 2.18.